The Morgan fingerprint density at radius 2 is 2.12 bits per heavy atom. The number of hydrogen-bond donors (Lipinski definition) is 1. The van der Waals surface area contributed by atoms with Crippen LogP contribution in [0.1, 0.15) is 24.5 Å². The minimum absolute atomic E-state index is 0.419. The van der Waals surface area contributed by atoms with Crippen LogP contribution in [0.25, 0.3) is 0 Å². The van der Waals surface area contributed by atoms with Gasteiger partial charge in [-0.3, -0.25) is 4.79 Å². The number of aliphatic carboxylic acids is 1. The van der Waals surface area contributed by atoms with Crippen molar-refractivity contribution in [1.29, 1.82) is 0 Å². The highest BCUT2D eigenvalue weighted by Crippen LogP contribution is 2.36. The predicted octanol–water partition coefficient (Wildman–Crippen LogP) is 3.55. The molecule has 1 fully saturated rings. The van der Waals surface area contributed by atoms with Crippen molar-refractivity contribution in [3.8, 4) is 0 Å². The van der Waals surface area contributed by atoms with E-state index in [-0.39, 0.29) is 0 Å². The summed E-state index contributed by atoms with van der Waals surface area (Å²) in [5, 5.41) is 10.0. The van der Waals surface area contributed by atoms with Crippen LogP contribution >= 0.6 is 23.2 Å². The molecule has 1 aromatic carbocycles. The number of carbonyl (C=O) groups is 1. The molecule has 0 saturated carbocycles. The molecule has 1 heterocycles. The van der Waals surface area contributed by atoms with Crippen LogP contribution in [0.15, 0.2) is 18.2 Å². The number of carboxylic acid groups (broad SMARTS) is 1. The molecule has 1 aliphatic heterocycles. The molecule has 1 aliphatic rings. The Labute approximate surface area is 109 Å². The zero-order valence-electron chi connectivity index (χ0n) is 9.03. The molecule has 1 aromatic rings. The van der Waals surface area contributed by atoms with E-state index in [1.807, 2.05) is 0 Å². The highest BCUT2D eigenvalue weighted by molar-refractivity contribution is 6.42. The minimum Gasteiger partial charge on any atom is -0.481 e. The summed E-state index contributed by atoms with van der Waals surface area (Å²) < 4.78 is 5.55. The van der Waals surface area contributed by atoms with Gasteiger partial charge in [0, 0.05) is 6.61 Å². The molecule has 2 unspecified atom stereocenters. The summed E-state index contributed by atoms with van der Waals surface area (Å²) in [6, 6.07) is 5.10. The van der Waals surface area contributed by atoms with Crippen molar-refractivity contribution in [2.24, 2.45) is 5.92 Å². The van der Waals surface area contributed by atoms with Crippen LogP contribution in [0.4, 0.5) is 0 Å². The van der Waals surface area contributed by atoms with Crippen molar-refractivity contribution in [3.05, 3.63) is 33.8 Å². The summed E-state index contributed by atoms with van der Waals surface area (Å²) in [4.78, 5) is 11.2. The summed E-state index contributed by atoms with van der Waals surface area (Å²) >= 11 is 11.8. The van der Waals surface area contributed by atoms with Gasteiger partial charge < -0.3 is 9.84 Å². The molecule has 0 radical (unpaired) electrons. The third kappa shape index (κ3) is 2.73. The van der Waals surface area contributed by atoms with Gasteiger partial charge in [-0.05, 0) is 30.5 Å². The molecule has 92 valence electrons. The van der Waals surface area contributed by atoms with Crippen LogP contribution in [0.5, 0.6) is 0 Å². The van der Waals surface area contributed by atoms with Gasteiger partial charge in [-0.2, -0.15) is 0 Å². The lowest BCUT2D eigenvalue weighted by molar-refractivity contribution is -0.151. The fourth-order valence-corrected chi connectivity index (χ4v) is 2.36. The number of ether oxygens (including phenoxy) is 1. The van der Waals surface area contributed by atoms with E-state index in [2.05, 4.69) is 0 Å². The molecule has 1 saturated heterocycles. The lowest BCUT2D eigenvalue weighted by Gasteiger charge is -2.29. The summed E-state index contributed by atoms with van der Waals surface area (Å²) in [7, 11) is 0. The number of benzene rings is 1. The molecular formula is C12H12Cl2O3. The van der Waals surface area contributed by atoms with Gasteiger partial charge in [0.05, 0.1) is 22.1 Å². The Morgan fingerprint density at radius 1 is 1.35 bits per heavy atom. The maximum absolute atomic E-state index is 11.2. The summed E-state index contributed by atoms with van der Waals surface area (Å²) in [5.41, 5.74) is 0.770. The minimum atomic E-state index is -0.833. The van der Waals surface area contributed by atoms with Crippen molar-refractivity contribution in [1.82, 2.24) is 0 Å². The quantitative estimate of drug-likeness (QED) is 0.897. The molecule has 0 amide bonds. The van der Waals surface area contributed by atoms with Crippen LogP contribution in [0.2, 0.25) is 10.0 Å². The van der Waals surface area contributed by atoms with Gasteiger partial charge in [-0.25, -0.2) is 0 Å². The average Bonchev–Trinajstić information content (AvgIpc) is 2.32. The standard InChI is InChI=1S/C12H12Cl2O3/c13-9-4-3-7(6-10(9)14)11-8(12(15)16)2-1-5-17-11/h3-4,6,8,11H,1-2,5H2,(H,15,16). The molecule has 17 heavy (non-hydrogen) atoms. The Balaban J connectivity index is 2.29. The molecule has 0 aliphatic carbocycles. The van der Waals surface area contributed by atoms with Gasteiger partial charge in [-0.15, -0.1) is 0 Å². The molecular weight excluding hydrogens is 263 g/mol. The molecule has 2 atom stereocenters. The molecule has 0 spiro atoms. The first-order valence-corrected chi connectivity index (χ1v) is 6.14. The van der Waals surface area contributed by atoms with E-state index in [4.69, 9.17) is 33.0 Å². The molecule has 1 N–H and O–H groups in total. The van der Waals surface area contributed by atoms with Crippen molar-refractivity contribution >= 4 is 29.2 Å². The molecule has 3 nitrogen and oxygen atoms in total. The lowest BCUT2D eigenvalue weighted by atomic mass is 9.90. The maximum atomic E-state index is 11.2. The normalized spacial score (nSPS) is 24.6. The van der Waals surface area contributed by atoms with E-state index in [0.717, 1.165) is 12.0 Å². The fourth-order valence-electron chi connectivity index (χ4n) is 2.05. The summed E-state index contributed by atoms with van der Waals surface area (Å²) in [5.74, 6) is -1.35. The number of hydrogen-bond acceptors (Lipinski definition) is 2. The van der Waals surface area contributed by atoms with Gasteiger partial charge in [0.1, 0.15) is 0 Å². The van der Waals surface area contributed by atoms with E-state index in [9.17, 15) is 4.79 Å². The van der Waals surface area contributed by atoms with E-state index >= 15 is 0 Å². The zero-order chi connectivity index (χ0) is 12.4. The van der Waals surface area contributed by atoms with E-state index in [0.29, 0.717) is 23.1 Å². The second-order valence-corrected chi connectivity index (χ2v) is 4.87. The first-order valence-electron chi connectivity index (χ1n) is 5.39. The van der Waals surface area contributed by atoms with Crippen molar-refractivity contribution in [2.75, 3.05) is 6.61 Å². The van der Waals surface area contributed by atoms with Gasteiger partial charge in [0.15, 0.2) is 0 Å². The van der Waals surface area contributed by atoms with Crippen LogP contribution in [0, 0.1) is 5.92 Å². The SMILES string of the molecule is O=C(O)C1CCCOC1c1ccc(Cl)c(Cl)c1. The van der Waals surface area contributed by atoms with Gasteiger partial charge in [-0.1, -0.05) is 29.3 Å². The Bertz CT molecular complexity index is 434. The van der Waals surface area contributed by atoms with Gasteiger partial charge in [0.2, 0.25) is 0 Å². The first kappa shape index (κ1) is 12.7. The smallest absolute Gasteiger partial charge is 0.309 e. The largest absolute Gasteiger partial charge is 0.481 e. The Kier molecular flexibility index (Phi) is 3.92. The Hall–Kier alpha value is -0.770. The van der Waals surface area contributed by atoms with E-state index < -0.39 is 18.0 Å². The monoisotopic (exact) mass is 274 g/mol. The molecule has 0 aromatic heterocycles. The number of carboxylic acids is 1. The Morgan fingerprint density at radius 3 is 2.76 bits per heavy atom. The van der Waals surface area contributed by atoms with Crippen molar-refractivity contribution < 1.29 is 14.6 Å². The van der Waals surface area contributed by atoms with Crippen LogP contribution in [0.3, 0.4) is 0 Å². The second kappa shape index (κ2) is 5.25. The van der Waals surface area contributed by atoms with Crippen LogP contribution < -0.4 is 0 Å². The zero-order valence-corrected chi connectivity index (χ0v) is 10.5. The molecule has 0 bridgehead atoms. The van der Waals surface area contributed by atoms with E-state index in [1.165, 1.54) is 0 Å². The van der Waals surface area contributed by atoms with Crippen molar-refractivity contribution in [2.45, 2.75) is 18.9 Å². The third-order valence-corrected chi connectivity index (χ3v) is 3.65. The van der Waals surface area contributed by atoms with Gasteiger partial charge >= 0.3 is 5.97 Å². The number of rotatable bonds is 2. The highest BCUT2D eigenvalue weighted by Gasteiger charge is 2.33. The van der Waals surface area contributed by atoms with Crippen LogP contribution in [-0.4, -0.2) is 17.7 Å². The second-order valence-electron chi connectivity index (χ2n) is 4.05. The first-order chi connectivity index (χ1) is 8.09. The number of halogens is 2. The summed E-state index contributed by atoms with van der Waals surface area (Å²) in [6.45, 7) is 0.578. The maximum Gasteiger partial charge on any atom is 0.309 e. The van der Waals surface area contributed by atoms with Gasteiger partial charge in [0.25, 0.3) is 0 Å². The molecule has 2 rings (SSSR count). The molecule has 5 heteroatoms. The predicted molar refractivity (Wildman–Crippen MR) is 65.5 cm³/mol. The highest BCUT2D eigenvalue weighted by atomic mass is 35.5. The van der Waals surface area contributed by atoms with Crippen molar-refractivity contribution in [3.63, 3.8) is 0 Å². The van der Waals surface area contributed by atoms with E-state index in [1.54, 1.807) is 18.2 Å². The van der Waals surface area contributed by atoms with Crippen LogP contribution in [-0.2, 0) is 9.53 Å². The summed E-state index contributed by atoms with van der Waals surface area (Å²) in [6.07, 6.45) is 0.964. The third-order valence-electron chi connectivity index (χ3n) is 2.91. The average molecular weight is 275 g/mol. The fraction of sp³-hybridized carbons (Fsp3) is 0.417. The lowest BCUT2D eigenvalue weighted by Crippen LogP contribution is -2.28. The topological polar surface area (TPSA) is 46.5 Å².